The molecular weight excluding hydrogens is 176 g/mol. The smallest absolute Gasteiger partial charge is 0.315 e. The van der Waals surface area contributed by atoms with Crippen LogP contribution < -0.4 is 5.32 Å². The molecule has 70 valence electrons. The van der Waals surface area contributed by atoms with Crippen LogP contribution in [0.5, 0.6) is 0 Å². The van der Waals surface area contributed by atoms with Gasteiger partial charge in [0.15, 0.2) is 0 Å². The van der Waals surface area contributed by atoms with E-state index in [-0.39, 0.29) is 0 Å². The summed E-state index contributed by atoms with van der Waals surface area (Å²) in [7, 11) is 0. The van der Waals surface area contributed by atoms with Gasteiger partial charge in [-0.25, -0.2) is 0 Å². The summed E-state index contributed by atoms with van der Waals surface area (Å²) in [5.41, 5.74) is 1.39. The Labute approximate surface area is 74.6 Å². The predicted molar refractivity (Wildman–Crippen MR) is 45.8 cm³/mol. The van der Waals surface area contributed by atoms with Gasteiger partial charge in [0.2, 0.25) is 0 Å². The van der Waals surface area contributed by atoms with Gasteiger partial charge in [-0.2, -0.15) is 8.78 Å². The fraction of sp³-hybridized carbons (Fsp3) is 0.222. The monoisotopic (exact) mass is 185 g/mol. The quantitative estimate of drug-likeness (QED) is 0.751. The standard InChI is InChI=1S/C9H9F2NO/c1-6-2-4-7(5-3-6)12-9(13)8(10)11/h2-5,8H,1H3,(H,12,13). The van der Waals surface area contributed by atoms with Crippen molar-refractivity contribution in [2.45, 2.75) is 13.3 Å². The number of amides is 1. The Kier molecular flexibility index (Phi) is 2.95. The SMILES string of the molecule is Cc1ccc(NC(=O)C(F)F)cc1. The summed E-state index contributed by atoms with van der Waals surface area (Å²) in [5, 5.41) is 2.08. The van der Waals surface area contributed by atoms with Crippen molar-refractivity contribution in [1.82, 2.24) is 0 Å². The van der Waals surface area contributed by atoms with E-state index in [1.54, 1.807) is 24.3 Å². The van der Waals surface area contributed by atoms with E-state index in [1.807, 2.05) is 6.92 Å². The van der Waals surface area contributed by atoms with Gasteiger partial charge in [-0.1, -0.05) is 17.7 Å². The first-order chi connectivity index (χ1) is 6.09. The van der Waals surface area contributed by atoms with Crippen LogP contribution in [0.3, 0.4) is 0 Å². The zero-order chi connectivity index (χ0) is 9.84. The van der Waals surface area contributed by atoms with E-state index in [1.165, 1.54) is 0 Å². The van der Waals surface area contributed by atoms with Crippen molar-refractivity contribution in [3.63, 3.8) is 0 Å². The fourth-order valence-corrected chi connectivity index (χ4v) is 0.834. The summed E-state index contributed by atoms with van der Waals surface area (Å²) in [6.45, 7) is 1.87. The molecule has 0 fully saturated rings. The molecule has 0 unspecified atom stereocenters. The lowest BCUT2D eigenvalue weighted by atomic mass is 10.2. The molecule has 4 heteroatoms. The molecule has 0 radical (unpaired) electrons. The first kappa shape index (κ1) is 9.64. The summed E-state index contributed by atoms with van der Waals surface area (Å²) < 4.78 is 23.6. The molecule has 1 aromatic rings. The Balaban J connectivity index is 2.65. The molecule has 1 rings (SSSR count). The van der Waals surface area contributed by atoms with E-state index in [0.717, 1.165) is 5.56 Å². The number of rotatable bonds is 2. The number of benzene rings is 1. The minimum absolute atomic E-state index is 0.385. The molecule has 13 heavy (non-hydrogen) atoms. The number of alkyl halides is 2. The maximum atomic E-state index is 11.8. The normalized spacial score (nSPS) is 10.2. The summed E-state index contributed by atoms with van der Waals surface area (Å²) in [6, 6.07) is 6.63. The van der Waals surface area contributed by atoms with E-state index in [2.05, 4.69) is 5.32 Å². The van der Waals surface area contributed by atoms with Crippen LogP contribution in [0.1, 0.15) is 5.56 Å². The highest BCUT2D eigenvalue weighted by molar-refractivity contribution is 5.92. The van der Waals surface area contributed by atoms with Gasteiger partial charge in [0, 0.05) is 5.69 Å². The Morgan fingerprint density at radius 1 is 1.31 bits per heavy atom. The van der Waals surface area contributed by atoms with Gasteiger partial charge in [0.25, 0.3) is 5.91 Å². The highest BCUT2D eigenvalue weighted by Crippen LogP contribution is 2.09. The van der Waals surface area contributed by atoms with Crippen molar-refractivity contribution in [3.8, 4) is 0 Å². The molecule has 0 spiro atoms. The van der Waals surface area contributed by atoms with Crippen molar-refractivity contribution in [2.24, 2.45) is 0 Å². The van der Waals surface area contributed by atoms with E-state index >= 15 is 0 Å². The minimum atomic E-state index is -2.97. The molecule has 1 N–H and O–H groups in total. The second-order valence-electron chi connectivity index (χ2n) is 2.66. The average Bonchev–Trinajstić information content (AvgIpc) is 2.08. The van der Waals surface area contributed by atoms with Crippen LogP contribution in [-0.2, 0) is 4.79 Å². The Hall–Kier alpha value is -1.45. The molecule has 0 aliphatic rings. The molecule has 2 nitrogen and oxygen atoms in total. The Bertz CT molecular complexity index is 295. The van der Waals surface area contributed by atoms with Gasteiger partial charge in [-0.15, -0.1) is 0 Å². The molecule has 0 aliphatic carbocycles. The third kappa shape index (κ3) is 2.82. The largest absolute Gasteiger partial charge is 0.321 e. The van der Waals surface area contributed by atoms with E-state index in [9.17, 15) is 13.6 Å². The lowest BCUT2D eigenvalue weighted by molar-refractivity contribution is -0.126. The second-order valence-corrected chi connectivity index (χ2v) is 2.66. The molecule has 0 aliphatic heterocycles. The molecule has 0 atom stereocenters. The fourth-order valence-electron chi connectivity index (χ4n) is 0.834. The van der Waals surface area contributed by atoms with Crippen LogP contribution in [0.15, 0.2) is 24.3 Å². The number of nitrogens with one attached hydrogen (secondary N) is 1. The molecule has 0 saturated carbocycles. The molecule has 1 aromatic carbocycles. The van der Waals surface area contributed by atoms with Crippen molar-refractivity contribution < 1.29 is 13.6 Å². The number of aryl methyl sites for hydroxylation is 1. The topological polar surface area (TPSA) is 29.1 Å². The number of hydrogen-bond donors (Lipinski definition) is 1. The number of halogens is 2. The third-order valence-corrected chi connectivity index (χ3v) is 1.52. The molecule has 0 bridgehead atoms. The molecule has 1 amide bonds. The summed E-state index contributed by atoms with van der Waals surface area (Å²) >= 11 is 0. The third-order valence-electron chi connectivity index (χ3n) is 1.52. The first-order valence-electron chi connectivity index (χ1n) is 3.75. The molecule has 0 aromatic heterocycles. The molecule has 0 heterocycles. The van der Waals surface area contributed by atoms with Crippen LogP contribution >= 0.6 is 0 Å². The van der Waals surface area contributed by atoms with E-state index in [4.69, 9.17) is 0 Å². The average molecular weight is 185 g/mol. The lowest BCUT2D eigenvalue weighted by Crippen LogP contribution is -2.19. The summed E-state index contributed by atoms with van der Waals surface area (Å²) in [6.07, 6.45) is -2.97. The summed E-state index contributed by atoms with van der Waals surface area (Å²) in [5.74, 6) is -1.27. The number of anilines is 1. The van der Waals surface area contributed by atoms with Gasteiger partial charge in [-0.3, -0.25) is 4.79 Å². The van der Waals surface area contributed by atoms with E-state index in [0.29, 0.717) is 5.69 Å². The van der Waals surface area contributed by atoms with E-state index < -0.39 is 12.3 Å². The van der Waals surface area contributed by atoms with Crippen molar-refractivity contribution in [3.05, 3.63) is 29.8 Å². The lowest BCUT2D eigenvalue weighted by Gasteiger charge is -2.03. The first-order valence-corrected chi connectivity index (χ1v) is 3.75. The predicted octanol–water partition coefficient (Wildman–Crippen LogP) is 2.20. The zero-order valence-corrected chi connectivity index (χ0v) is 7.05. The summed E-state index contributed by atoms with van der Waals surface area (Å²) in [4.78, 5) is 10.5. The zero-order valence-electron chi connectivity index (χ0n) is 7.05. The number of hydrogen-bond acceptors (Lipinski definition) is 1. The van der Waals surface area contributed by atoms with Gasteiger partial charge in [-0.05, 0) is 19.1 Å². The maximum Gasteiger partial charge on any atom is 0.315 e. The van der Waals surface area contributed by atoms with Crippen LogP contribution in [0.4, 0.5) is 14.5 Å². The Morgan fingerprint density at radius 3 is 2.31 bits per heavy atom. The van der Waals surface area contributed by atoms with Crippen LogP contribution in [0.25, 0.3) is 0 Å². The van der Waals surface area contributed by atoms with Gasteiger partial charge in [0.1, 0.15) is 0 Å². The van der Waals surface area contributed by atoms with Crippen LogP contribution in [-0.4, -0.2) is 12.3 Å². The van der Waals surface area contributed by atoms with Crippen molar-refractivity contribution in [2.75, 3.05) is 5.32 Å². The van der Waals surface area contributed by atoms with Gasteiger partial charge >= 0.3 is 6.43 Å². The second kappa shape index (κ2) is 3.98. The van der Waals surface area contributed by atoms with Crippen molar-refractivity contribution >= 4 is 11.6 Å². The minimum Gasteiger partial charge on any atom is -0.321 e. The number of carbonyl (C=O) groups is 1. The highest BCUT2D eigenvalue weighted by atomic mass is 19.3. The van der Waals surface area contributed by atoms with Crippen molar-refractivity contribution in [1.29, 1.82) is 0 Å². The maximum absolute atomic E-state index is 11.8. The number of carbonyl (C=O) groups excluding carboxylic acids is 1. The van der Waals surface area contributed by atoms with Crippen LogP contribution in [0.2, 0.25) is 0 Å². The Morgan fingerprint density at radius 2 is 1.85 bits per heavy atom. The highest BCUT2D eigenvalue weighted by Gasteiger charge is 2.14. The van der Waals surface area contributed by atoms with Gasteiger partial charge in [0.05, 0.1) is 0 Å². The van der Waals surface area contributed by atoms with Gasteiger partial charge < -0.3 is 5.32 Å². The molecule has 0 saturated heterocycles. The van der Waals surface area contributed by atoms with Crippen LogP contribution in [0, 0.1) is 6.92 Å². The molecular formula is C9H9F2NO.